The minimum atomic E-state index is -0.550. The molecule has 0 bridgehead atoms. The molecule has 0 saturated carbocycles. The van der Waals surface area contributed by atoms with Gasteiger partial charge in [0.25, 0.3) is 5.69 Å². The Bertz CT molecular complexity index is 426. The van der Waals surface area contributed by atoms with Gasteiger partial charge >= 0.3 is 0 Å². The molecule has 0 fully saturated rings. The van der Waals surface area contributed by atoms with Crippen molar-refractivity contribution in [3.8, 4) is 5.75 Å². The van der Waals surface area contributed by atoms with Crippen molar-refractivity contribution in [2.24, 2.45) is 0 Å². The topological polar surface area (TPSA) is 69.4 Å². The smallest absolute Gasteiger partial charge is 0.283 e. The van der Waals surface area contributed by atoms with Crippen molar-refractivity contribution in [1.82, 2.24) is 0 Å². The molecule has 5 nitrogen and oxygen atoms in total. The summed E-state index contributed by atoms with van der Waals surface area (Å²) in [6, 6.07) is 2.91. The van der Waals surface area contributed by atoms with Crippen molar-refractivity contribution in [1.29, 1.82) is 0 Å². The van der Waals surface area contributed by atoms with Gasteiger partial charge in [0.15, 0.2) is 5.78 Å². The summed E-state index contributed by atoms with van der Waals surface area (Å²) in [6.07, 6.45) is 0. The summed E-state index contributed by atoms with van der Waals surface area (Å²) >= 11 is 0. The van der Waals surface area contributed by atoms with Crippen LogP contribution in [0.2, 0.25) is 0 Å². The summed E-state index contributed by atoms with van der Waals surface area (Å²) in [6.45, 7) is 2.87. The number of ketones is 1. The molecular weight excluding hydrogens is 198 g/mol. The summed E-state index contributed by atoms with van der Waals surface area (Å²) in [5.41, 5.74) is 0.352. The first-order valence-electron chi connectivity index (χ1n) is 4.31. The Hall–Kier alpha value is -1.91. The quantitative estimate of drug-likeness (QED) is 0.434. The Kier molecular flexibility index (Phi) is 3.04. The van der Waals surface area contributed by atoms with E-state index in [0.717, 1.165) is 0 Å². The second-order valence-electron chi connectivity index (χ2n) is 3.15. The predicted octanol–water partition coefficient (Wildman–Crippen LogP) is 2.11. The van der Waals surface area contributed by atoms with Crippen molar-refractivity contribution in [3.63, 3.8) is 0 Å². The minimum absolute atomic E-state index is 0.0804. The molecule has 1 aromatic rings. The summed E-state index contributed by atoms with van der Waals surface area (Å²) in [7, 11) is 1.45. The van der Waals surface area contributed by atoms with E-state index < -0.39 is 4.92 Å². The maximum atomic E-state index is 11.2. The second kappa shape index (κ2) is 4.08. The number of ether oxygens (including phenoxy) is 1. The number of methoxy groups -OCH3 is 1. The Morgan fingerprint density at radius 2 is 2.07 bits per heavy atom. The average molecular weight is 209 g/mol. The molecule has 15 heavy (non-hydrogen) atoms. The maximum Gasteiger partial charge on any atom is 0.283 e. The predicted molar refractivity (Wildman–Crippen MR) is 54.4 cm³/mol. The van der Waals surface area contributed by atoms with E-state index in [0.29, 0.717) is 11.3 Å². The van der Waals surface area contributed by atoms with E-state index in [9.17, 15) is 14.9 Å². The molecule has 0 radical (unpaired) electrons. The molecule has 5 heteroatoms. The fraction of sp³-hybridized carbons (Fsp3) is 0.300. The SMILES string of the molecule is COc1cc(C)c([N+](=O)[O-])c(C(C)=O)c1. The summed E-state index contributed by atoms with van der Waals surface area (Å²) < 4.78 is 4.95. The zero-order chi connectivity index (χ0) is 11.6. The van der Waals surface area contributed by atoms with E-state index in [4.69, 9.17) is 4.74 Å². The molecule has 0 saturated heterocycles. The van der Waals surface area contributed by atoms with E-state index in [1.807, 2.05) is 0 Å². The number of Topliss-reactive ketones (excluding diaryl/α,β-unsaturated/α-hetero) is 1. The first-order valence-corrected chi connectivity index (χ1v) is 4.31. The van der Waals surface area contributed by atoms with Crippen LogP contribution in [0.3, 0.4) is 0 Å². The third-order valence-electron chi connectivity index (χ3n) is 2.07. The highest BCUT2D eigenvalue weighted by Gasteiger charge is 2.21. The van der Waals surface area contributed by atoms with Gasteiger partial charge < -0.3 is 4.74 Å². The van der Waals surface area contributed by atoms with Crippen LogP contribution in [0.1, 0.15) is 22.8 Å². The molecule has 0 spiro atoms. The van der Waals surface area contributed by atoms with Crippen molar-refractivity contribution in [2.75, 3.05) is 7.11 Å². The molecule has 0 aliphatic rings. The number of nitrogens with zero attached hydrogens (tertiary/aromatic N) is 1. The molecule has 0 aliphatic carbocycles. The van der Waals surface area contributed by atoms with Gasteiger partial charge in [0, 0.05) is 5.56 Å². The highest BCUT2D eigenvalue weighted by Crippen LogP contribution is 2.28. The first kappa shape index (κ1) is 11.2. The van der Waals surface area contributed by atoms with Crippen LogP contribution < -0.4 is 4.74 Å². The van der Waals surface area contributed by atoms with Gasteiger partial charge in [0.2, 0.25) is 0 Å². The third kappa shape index (κ3) is 2.12. The van der Waals surface area contributed by atoms with Gasteiger partial charge in [0.1, 0.15) is 5.75 Å². The van der Waals surface area contributed by atoms with Gasteiger partial charge in [0.05, 0.1) is 17.6 Å². The number of rotatable bonds is 3. The molecule has 1 rings (SSSR count). The van der Waals surface area contributed by atoms with Gasteiger partial charge in [-0.1, -0.05) is 0 Å². The Balaban J connectivity index is 3.49. The minimum Gasteiger partial charge on any atom is -0.497 e. The normalized spacial score (nSPS) is 9.80. The van der Waals surface area contributed by atoms with Crippen molar-refractivity contribution < 1.29 is 14.5 Å². The van der Waals surface area contributed by atoms with Gasteiger partial charge in [-0.05, 0) is 26.0 Å². The van der Waals surface area contributed by atoms with E-state index in [-0.39, 0.29) is 17.0 Å². The van der Waals surface area contributed by atoms with Crippen molar-refractivity contribution >= 4 is 11.5 Å². The number of carbonyl (C=O) groups excluding carboxylic acids is 1. The number of aryl methyl sites for hydroxylation is 1. The maximum absolute atomic E-state index is 11.2. The lowest BCUT2D eigenvalue weighted by atomic mass is 10.0. The van der Waals surface area contributed by atoms with Crippen LogP contribution in [0.25, 0.3) is 0 Å². The average Bonchev–Trinajstić information content (AvgIpc) is 2.15. The zero-order valence-electron chi connectivity index (χ0n) is 8.73. The highest BCUT2D eigenvalue weighted by molar-refractivity contribution is 5.99. The van der Waals surface area contributed by atoms with Crippen molar-refractivity contribution in [2.45, 2.75) is 13.8 Å². The van der Waals surface area contributed by atoms with E-state index >= 15 is 0 Å². The largest absolute Gasteiger partial charge is 0.497 e. The monoisotopic (exact) mass is 209 g/mol. The second-order valence-corrected chi connectivity index (χ2v) is 3.15. The molecule has 80 valence electrons. The summed E-state index contributed by atoms with van der Waals surface area (Å²) in [5, 5.41) is 10.8. The van der Waals surface area contributed by atoms with Crippen LogP contribution in [0.5, 0.6) is 5.75 Å². The van der Waals surface area contributed by atoms with Gasteiger partial charge in [-0.3, -0.25) is 14.9 Å². The Labute approximate surface area is 86.8 Å². The fourth-order valence-corrected chi connectivity index (χ4v) is 1.38. The summed E-state index contributed by atoms with van der Waals surface area (Å²) in [4.78, 5) is 21.4. The van der Waals surface area contributed by atoms with Gasteiger partial charge in [-0.15, -0.1) is 0 Å². The molecule has 0 aromatic heterocycles. The Morgan fingerprint density at radius 3 is 2.47 bits per heavy atom. The fourth-order valence-electron chi connectivity index (χ4n) is 1.38. The van der Waals surface area contributed by atoms with Crippen LogP contribution in [0.4, 0.5) is 5.69 Å². The lowest BCUT2D eigenvalue weighted by Gasteiger charge is -2.05. The molecule has 0 unspecified atom stereocenters. The number of benzene rings is 1. The number of hydrogen-bond donors (Lipinski definition) is 0. The molecule has 0 atom stereocenters. The van der Waals surface area contributed by atoms with Gasteiger partial charge in [-0.25, -0.2) is 0 Å². The zero-order valence-corrected chi connectivity index (χ0v) is 8.73. The first-order chi connectivity index (χ1) is 6.97. The van der Waals surface area contributed by atoms with Crippen LogP contribution in [0.15, 0.2) is 12.1 Å². The lowest BCUT2D eigenvalue weighted by Crippen LogP contribution is -2.03. The molecule has 0 aliphatic heterocycles. The van der Waals surface area contributed by atoms with Crippen LogP contribution in [-0.2, 0) is 0 Å². The van der Waals surface area contributed by atoms with E-state index in [1.165, 1.54) is 26.2 Å². The molecule has 0 heterocycles. The Morgan fingerprint density at radius 1 is 1.47 bits per heavy atom. The molecule has 0 amide bonds. The van der Waals surface area contributed by atoms with Crippen LogP contribution in [-0.4, -0.2) is 17.8 Å². The van der Waals surface area contributed by atoms with Crippen LogP contribution >= 0.6 is 0 Å². The molecular formula is C10H11NO4. The summed E-state index contributed by atoms with van der Waals surface area (Å²) in [5.74, 6) is 0.104. The van der Waals surface area contributed by atoms with Gasteiger partial charge in [-0.2, -0.15) is 0 Å². The molecule has 0 N–H and O–H groups in total. The number of nitro benzene ring substituents is 1. The van der Waals surface area contributed by atoms with Crippen LogP contribution in [0, 0.1) is 17.0 Å². The number of nitro groups is 1. The lowest BCUT2D eigenvalue weighted by molar-refractivity contribution is -0.385. The van der Waals surface area contributed by atoms with E-state index in [1.54, 1.807) is 6.92 Å². The van der Waals surface area contributed by atoms with E-state index in [2.05, 4.69) is 0 Å². The third-order valence-corrected chi connectivity index (χ3v) is 2.07. The number of carbonyl (C=O) groups is 1. The highest BCUT2D eigenvalue weighted by atomic mass is 16.6. The van der Waals surface area contributed by atoms with Crippen molar-refractivity contribution in [3.05, 3.63) is 33.4 Å². The number of hydrogen-bond acceptors (Lipinski definition) is 4. The molecule has 1 aromatic carbocycles. The standard InChI is InChI=1S/C10H11NO4/c1-6-4-8(15-3)5-9(7(2)12)10(6)11(13)14/h4-5H,1-3H3.